The van der Waals surface area contributed by atoms with Crippen molar-refractivity contribution in [3.8, 4) is 5.69 Å². The molecule has 0 spiro atoms. The minimum Gasteiger partial charge on any atom is -0.306 e. The number of hydrogen-bond acceptors (Lipinski definition) is 4. The molecular formula is C17H22N6. The van der Waals surface area contributed by atoms with E-state index in [0.29, 0.717) is 6.54 Å². The number of nitrogens with zero attached hydrogens (tertiary/aromatic N) is 5. The highest BCUT2D eigenvalue weighted by molar-refractivity contribution is 5.29. The first-order chi connectivity index (χ1) is 11.1. The Bertz CT molecular complexity index is 745. The van der Waals surface area contributed by atoms with Crippen molar-refractivity contribution in [2.24, 2.45) is 0 Å². The average Bonchev–Trinajstić information content (AvgIpc) is 3.22. The highest BCUT2D eigenvalue weighted by Crippen LogP contribution is 2.11. The van der Waals surface area contributed by atoms with Gasteiger partial charge in [-0.3, -0.25) is 4.68 Å². The predicted octanol–water partition coefficient (Wildman–Crippen LogP) is 2.51. The molecule has 3 rings (SSSR count). The van der Waals surface area contributed by atoms with Crippen LogP contribution in [-0.4, -0.2) is 30.8 Å². The molecule has 0 unspecified atom stereocenters. The van der Waals surface area contributed by atoms with E-state index in [0.717, 1.165) is 11.4 Å². The Morgan fingerprint density at radius 3 is 2.61 bits per heavy atom. The fourth-order valence-corrected chi connectivity index (χ4v) is 2.41. The predicted molar refractivity (Wildman–Crippen MR) is 89.3 cm³/mol. The highest BCUT2D eigenvalue weighted by atomic mass is 15.4. The average molecular weight is 310 g/mol. The molecule has 0 amide bonds. The van der Waals surface area contributed by atoms with Crippen molar-refractivity contribution in [1.82, 2.24) is 30.1 Å². The van der Waals surface area contributed by atoms with E-state index in [2.05, 4.69) is 47.7 Å². The number of benzene rings is 1. The van der Waals surface area contributed by atoms with Crippen molar-refractivity contribution in [2.45, 2.75) is 39.4 Å². The molecule has 6 heteroatoms. The molecule has 2 aromatic heterocycles. The quantitative estimate of drug-likeness (QED) is 0.760. The molecule has 0 bridgehead atoms. The zero-order chi connectivity index (χ0) is 16.2. The van der Waals surface area contributed by atoms with Crippen molar-refractivity contribution in [1.29, 1.82) is 0 Å². The second-order valence-electron chi connectivity index (χ2n) is 5.90. The molecule has 0 aliphatic carbocycles. The number of aryl methyl sites for hydroxylation is 1. The van der Waals surface area contributed by atoms with Crippen LogP contribution in [0, 0.1) is 6.92 Å². The van der Waals surface area contributed by atoms with E-state index in [1.807, 2.05) is 47.4 Å². The van der Waals surface area contributed by atoms with Crippen molar-refractivity contribution < 1.29 is 0 Å². The molecule has 3 aromatic rings. The number of aromatic nitrogens is 5. The van der Waals surface area contributed by atoms with Gasteiger partial charge in [0.15, 0.2) is 0 Å². The normalized spacial score (nSPS) is 13.9. The zero-order valence-electron chi connectivity index (χ0n) is 13.7. The van der Waals surface area contributed by atoms with E-state index in [1.54, 1.807) is 4.68 Å². The lowest BCUT2D eigenvalue weighted by Gasteiger charge is -2.21. The van der Waals surface area contributed by atoms with Crippen molar-refractivity contribution in [2.75, 3.05) is 0 Å². The molecular weight excluding hydrogens is 288 g/mol. The van der Waals surface area contributed by atoms with Crippen LogP contribution in [0.1, 0.15) is 31.1 Å². The summed E-state index contributed by atoms with van der Waals surface area (Å²) < 4.78 is 3.79. The summed E-state index contributed by atoms with van der Waals surface area (Å²) in [7, 11) is 0. The van der Waals surface area contributed by atoms with E-state index in [4.69, 9.17) is 0 Å². The van der Waals surface area contributed by atoms with Gasteiger partial charge in [0.1, 0.15) is 0 Å². The lowest BCUT2D eigenvalue weighted by Crippen LogP contribution is -2.33. The minimum atomic E-state index is 0.271. The standard InChI is InChI=1S/C17H22N6/c1-13-9-19-22(11-13)15(3)14(2)18-10-16-12-23(21-20-16)17-7-5-4-6-8-17/h4-9,11-12,14-15,18H,10H2,1-3H3/t14-,15-/m0/s1. The van der Waals surface area contributed by atoms with Crippen LogP contribution in [-0.2, 0) is 6.54 Å². The van der Waals surface area contributed by atoms with Gasteiger partial charge in [-0.15, -0.1) is 5.10 Å². The first kappa shape index (κ1) is 15.4. The van der Waals surface area contributed by atoms with Gasteiger partial charge in [-0.05, 0) is 38.5 Å². The van der Waals surface area contributed by atoms with Crippen LogP contribution in [0.4, 0.5) is 0 Å². The molecule has 120 valence electrons. The summed E-state index contributed by atoms with van der Waals surface area (Å²) in [6.07, 6.45) is 5.90. The fourth-order valence-electron chi connectivity index (χ4n) is 2.41. The molecule has 1 aromatic carbocycles. The molecule has 0 saturated carbocycles. The van der Waals surface area contributed by atoms with Crippen LogP contribution in [0.5, 0.6) is 0 Å². The maximum Gasteiger partial charge on any atom is 0.0969 e. The van der Waals surface area contributed by atoms with Gasteiger partial charge in [0.25, 0.3) is 0 Å². The molecule has 6 nitrogen and oxygen atoms in total. The zero-order valence-corrected chi connectivity index (χ0v) is 13.7. The van der Waals surface area contributed by atoms with Crippen molar-refractivity contribution in [3.63, 3.8) is 0 Å². The van der Waals surface area contributed by atoms with E-state index >= 15 is 0 Å². The number of para-hydroxylation sites is 1. The minimum absolute atomic E-state index is 0.271. The monoisotopic (exact) mass is 310 g/mol. The first-order valence-corrected chi connectivity index (χ1v) is 7.84. The molecule has 1 N–H and O–H groups in total. The molecule has 0 aliphatic rings. The Labute approximate surface area is 136 Å². The molecule has 0 saturated heterocycles. The van der Waals surface area contributed by atoms with Gasteiger partial charge >= 0.3 is 0 Å². The second-order valence-corrected chi connectivity index (χ2v) is 5.90. The van der Waals surface area contributed by atoms with Gasteiger partial charge in [0.2, 0.25) is 0 Å². The number of hydrogen-bond donors (Lipinski definition) is 1. The van der Waals surface area contributed by atoms with Crippen molar-refractivity contribution >= 4 is 0 Å². The Balaban J connectivity index is 1.59. The number of nitrogens with one attached hydrogen (secondary N) is 1. The maximum atomic E-state index is 4.38. The third-order valence-electron chi connectivity index (χ3n) is 4.04. The summed E-state index contributed by atoms with van der Waals surface area (Å²) in [6.45, 7) is 7.04. The molecule has 2 heterocycles. The lowest BCUT2D eigenvalue weighted by atomic mass is 10.1. The van der Waals surface area contributed by atoms with Gasteiger partial charge in [0, 0.05) is 18.8 Å². The van der Waals surface area contributed by atoms with E-state index < -0.39 is 0 Å². The smallest absolute Gasteiger partial charge is 0.0969 e. The molecule has 2 atom stereocenters. The largest absolute Gasteiger partial charge is 0.306 e. The van der Waals surface area contributed by atoms with Gasteiger partial charge < -0.3 is 5.32 Å². The van der Waals surface area contributed by atoms with Crippen molar-refractivity contribution in [3.05, 3.63) is 60.2 Å². The van der Waals surface area contributed by atoms with Crippen LogP contribution in [0.3, 0.4) is 0 Å². The van der Waals surface area contributed by atoms with Crippen LogP contribution >= 0.6 is 0 Å². The highest BCUT2D eigenvalue weighted by Gasteiger charge is 2.15. The second kappa shape index (κ2) is 6.75. The summed E-state index contributed by atoms with van der Waals surface area (Å²) in [6, 6.07) is 10.5. The number of rotatable bonds is 6. The summed E-state index contributed by atoms with van der Waals surface area (Å²) in [5.41, 5.74) is 3.11. The molecule has 0 aliphatic heterocycles. The maximum absolute atomic E-state index is 4.38. The molecule has 0 radical (unpaired) electrons. The summed E-state index contributed by atoms with van der Waals surface area (Å²) in [5, 5.41) is 16.3. The molecule has 0 fully saturated rings. The Morgan fingerprint density at radius 2 is 1.91 bits per heavy atom. The summed E-state index contributed by atoms with van der Waals surface area (Å²) >= 11 is 0. The van der Waals surface area contributed by atoms with Crippen LogP contribution in [0.25, 0.3) is 5.69 Å². The SMILES string of the molecule is Cc1cnn([C@@H](C)[C@H](C)NCc2cn(-c3ccccc3)nn2)c1. The Morgan fingerprint density at radius 1 is 1.13 bits per heavy atom. The topological polar surface area (TPSA) is 60.6 Å². The van der Waals surface area contributed by atoms with Gasteiger partial charge in [-0.1, -0.05) is 23.4 Å². The summed E-state index contributed by atoms with van der Waals surface area (Å²) in [4.78, 5) is 0. The fraction of sp³-hybridized carbons (Fsp3) is 0.353. The third kappa shape index (κ3) is 3.65. The van der Waals surface area contributed by atoms with Gasteiger partial charge in [0.05, 0.1) is 29.8 Å². The Hall–Kier alpha value is -2.47. The Kier molecular flexibility index (Phi) is 4.52. The van der Waals surface area contributed by atoms with Crippen LogP contribution in [0.2, 0.25) is 0 Å². The van der Waals surface area contributed by atoms with E-state index in [1.165, 1.54) is 5.56 Å². The van der Waals surface area contributed by atoms with Crippen LogP contribution in [0.15, 0.2) is 48.9 Å². The van der Waals surface area contributed by atoms with Crippen LogP contribution < -0.4 is 5.32 Å². The molecule has 23 heavy (non-hydrogen) atoms. The third-order valence-corrected chi connectivity index (χ3v) is 4.04. The van der Waals surface area contributed by atoms with Gasteiger partial charge in [-0.25, -0.2) is 4.68 Å². The first-order valence-electron chi connectivity index (χ1n) is 7.84. The van der Waals surface area contributed by atoms with E-state index in [-0.39, 0.29) is 12.1 Å². The van der Waals surface area contributed by atoms with E-state index in [9.17, 15) is 0 Å². The van der Waals surface area contributed by atoms with Gasteiger partial charge in [-0.2, -0.15) is 5.10 Å². The lowest BCUT2D eigenvalue weighted by molar-refractivity contribution is 0.363. The summed E-state index contributed by atoms with van der Waals surface area (Å²) in [5.74, 6) is 0.